The molecule has 1 unspecified atom stereocenters. The summed E-state index contributed by atoms with van der Waals surface area (Å²) in [4.78, 5) is 37.6. The van der Waals surface area contributed by atoms with Gasteiger partial charge in [-0.1, -0.05) is 26.8 Å². The van der Waals surface area contributed by atoms with Crippen LogP contribution < -0.4 is 5.32 Å². The normalized spacial score (nSPS) is 17.6. The van der Waals surface area contributed by atoms with E-state index >= 15 is 0 Å². The van der Waals surface area contributed by atoms with E-state index < -0.39 is 12.0 Å². The van der Waals surface area contributed by atoms with Gasteiger partial charge in [-0.15, -0.1) is 0 Å². The molecule has 1 fully saturated rings. The van der Waals surface area contributed by atoms with Crippen LogP contribution in [0.25, 0.3) is 0 Å². The Labute approximate surface area is 141 Å². The molecule has 0 bridgehead atoms. The highest BCUT2D eigenvalue weighted by Crippen LogP contribution is 2.25. The Bertz CT molecular complexity index is 649. The maximum atomic E-state index is 12.5. The SMILES string of the molecule is CC(C)(C)CC(=O)N1CCCC1C(=O)Nc1cccc(C(=O)O)c1. The summed E-state index contributed by atoms with van der Waals surface area (Å²) >= 11 is 0. The molecule has 6 heteroatoms. The Morgan fingerprint density at radius 2 is 2.00 bits per heavy atom. The molecule has 130 valence electrons. The Balaban J connectivity index is 2.07. The van der Waals surface area contributed by atoms with Crippen molar-refractivity contribution in [2.24, 2.45) is 5.41 Å². The Morgan fingerprint density at radius 1 is 1.29 bits per heavy atom. The van der Waals surface area contributed by atoms with Crippen LogP contribution in [0.2, 0.25) is 0 Å². The fraction of sp³-hybridized carbons (Fsp3) is 0.500. The number of carbonyl (C=O) groups excluding carboxylic acids is 2. The number of carboxylic acids is 1. The molecule has 1 aromatic rings. The topological polar surface area (TPSA) is 86.7 Å². The standard InChI is InChI=1S/C18H24N2O4/c1-18(2,3)11-15(21)20-9-5-8-14(20)16(22)19-13-7-4-6-12(10-13)17(23)24/h4,6-7,10,14H,5,8-9,11H2,1-3H3,(H,19,22)(H,23,24). The van der Waals surface area contributed by atoms with Gasteiger partial charge in [-0.2, -0.15) is 0 Å². The quantitative estimate of drug-likeness (QED) is 0.887. The molecule has 6 nitrogen and oxygen atoms in total. The van der Waals surface area contributed by atoms with Gasteiger partial charge in [0, 0.05) is 18.7 Å². The van der Waals surface area contributed by atoms with Crippen LogP contribution in [0.4, 0.5) is 5.69 Å². The van der Waals surface area contributed by atoms with Crippen molar-refractivity contribution in [3.63, 3.8) is 0 Å². The van der Waals surface area contributed by atoms with E-state index in [4.69, 9.17) is 5.11 Å². The third-order valence-corrected chi connectivity index (χ3v) is 3.93. The molecule has 2 N–H and O–H groups in total. The average molecular weight is 332 g/mol. The molecule has 1 aliphatic rings. The summed E-state index contributed by atoms with van der Waals surface area (Å²) in [6.45, 7) is 6.57. The van der Waals surface area contributed by atoms with Crippen molar-refractivity contribution in [3.8, 4) is 0 Å². The largest absolute Gasteiger partial charge is 0.478 e. The predicted molar refractivity (Wildman–Crippen MR) is 90.8 cm³/mol. The van der Waals surface area contributed by atoms with Crippen molar-refractivity contribution in [1.82, 2.24) is 4.90 Å². The van der Waals surface area contributed by atoms with Crippen LogP contribution in [0.1, 0.15) is 50.4 Å². The number of amides is 2. The molecule has 0 aromatic heterocycles. The lowest BCUT2D eigenvalue weighted by atomic mass is 9.91. The third-order valence-electron chi connectivity index (χ3n) is 3.93. The highest BCUT2D eigenvalue weighted by molar-refractivity contribution is 5.98. The Morgan fingerprint density at radius 3 is 2.62 bits per heavy atom. The number of anilines is 1. The number of carboxylic acid groups (broad SMARTS) is 1. The number of nitrogens with one attached hydrogen (secondary N) is 1. The number of rotatable bonds is 4. The summed E-state index contributed by atoms with van der Waals surface area (Å²) in [5.74, 6) is -1.33. The van der Waals surface area contributed by atoms with Gasteiger partial charge in [0.15, 0.2) is 0 Å². The molecule has 2 rings (SSSR count). The molecule has 1 saturated heterocycles. The number of carbonyl (C=O) groups is 3. The first kappa shape index (κ1) is 18.0. The summed E-state index contributed by atoms with van der Waals surface area (Å²) in [6.07, 6.45) is 1.81. The predicted octanol–water partition coefficient (Wildman–Crippen LogP) is 2.75. The first-order chi connectivity index (χ1) is 11.2. The van der Waals surface area contributed by atoms with E-state index in [-0.39, 0.29) is 22.8 Å². The van der Waals surface area contributed by atoms with Gasteiger partial charge in [0.2, 0.25) is 11.8 Å². The van der Waals surface area contributed by atoms with Crippen molar-refractivity contribution in [3.05, 3.63) is 29.8 Å². The number of nitrogens with zero attached hydrogens (tertiary/aromatic N) is 1. The zero-order valence-corrected chi connectivity index (χ0v) is 14.3. The van der Waals surface area contributed by atoms with E-state index in [1.54, 1.807) is 17.0 Å². The van der Waals surface area contributed by atoms with E-state index in [9.17, 15) is 14.4 Å². The monoisotopic (exact) mass is 332 g/mol. The molecule has 0 saturated carbocycles. The fourth-order valence-electron chi connectivity index (χ4n) is 2.85. The van der Waals surface area contributed by atoms with Gasteiger partial charge in [0.25, 0.3) is 0 Å². The van der Waals surface area contributed by atoms with E-state index in [0.29, 0.717) is 25.1 Å². The van der Waals surface area contributed by atoms with E-state index in [1.165, 1.54) is 12.1 Å². The van der Waals surface area contributed by atoms with Crippen LogP contribution in [0, 0.1) is 5.41 Å². The molecule has 2 amide bonds. The van der Waals surface area contributed by atoms with Crippen molar-refractivity contribution in [2.45, 2.75) is 46.1 Å². The summed E-state index contributed by atoms with van der Waals surface area (Å²) in [5.41, 5.74) is 0.408. The number of likely N-dealkylation sites (tertiary alicyclic amines) is 1. The zero-order valence-electron chi connectivity index (χ0n) is 14.3. The molecular formula is C18H24N2O4. The first-order valence-electron chi connectivity index (χ1n) is 8.11. The average Bonchev–Trinajstić information content (AvgIpc) is 2.95. The van der Waals surface area contributed by atoms with Gasteiger partial charge < -0.3 is 15.3 Å². The Kier molecular flexibility index (Phi) is 5.26. The first-order valence-corrected chi connectivity index (χ1v) is 8.11. The molecule has 0 aliphatic carbocycles. The van der Waals surface area contributed by atoms with Crippen LogP contribution in [-0.2, 0) is 9.59 Å². The summed E-state index contributed by atoms with van der Waals surface area (Å²) < 4.78 is 0. The highest BCUT2D eigenvalue weighted by atomic mass is 16.4. The third kappa shape index (κ3) is 4.57. The van der Waals surface area contributed by atoms with Crippen molar-refractivity contribution < 1.29 is 19.5 Å². The van der Waals surface area contributed by atoms with E-state index in [2.05, 4.69) is 5.32 Å². The van der Waals surface area contributed by atoms with E-state index in [1.807, 2.05) is 20.8 Å². The van der Waals surface area contributed by atoms with Gasteiger partial charge in [-0.3, -0.25) is 9.59 Å². The Hall–Kier alpha value is -2.37. The summed E-state index contributed by atoms with van der Waals surface area (Å²) in [7, 11) is 0. The molecule has 1 heterocycles. The number of hydrogen-bond donors (Lipinski definition) is 2. The molecule has 0 spiro atoms. The minimum atomic E-state index is -1.05. The van der Waals surface area contributed by atoms with Crippen molar-refractivity contribution >= 4 is 23.5 Å². The second-order valence-corrected chi connectivity index (χ2v) is 7.36. The minimum absolute atomic E-state index is 0.0144. The number of hydrogen-bond acceptors (Lipinski definition) is 3. The summed E-state index contributed by atoms with van der Waals surface area (Å²) in [6, 6.07) is 5.61. The second kappa shape index (κ2) is 7.03. The van der Waals surface area contributed by atoms with Crippen LogP contribution >= 0.6 is 0 Å². The van der Waals surface area contributed by atoms with E-state index in [0.717, 1.165) is 6.42 Å². The lowest BCUT2D eigenvalue weighted by Gasteiger charge is -2.27. The molecule has 24 heavy (non-hydrogen) atoms. The van der Waals surface area contributed by atoms with Gasteiger partial charge in [0.1, 0.15) is 6.04 Å². The molecule has 1 aliphatic heterocycles. The molecule has 0 radical (unpaired) electrons. The van der Waals surface area contributed by atoms with Gasteiger partial charge >= 0.3 is 5.97 Å². The maximum Gasteiger partial charge on any atom is 0.335 e. The second-order valence-electron chi connectivity index (χ2n) is 7.36. The van der Waals surface area contributed by atoms with Crippen molar-refractivity contribution in [1.29, 1.82) is 0 Å². The molecular weight excluding hydrogens is 308 g/mol. The number of aromatic carboxylic acids is 1. The lowest BCUT2D eigenvalue weighted by Crippen LogP contribution is -2.44. The molecule has 1 aromatic carbocycles. The lowest BCUT2D eigenvalue weighted by molar-refractivity contribution is -0.138. The van der Waals surface area contributed by atoms with Crippen LogP contribution in [0.3, 0.4) is 0 Å². The summed E-state index contributed by atoms with van der Waals surface area (Å²) in [5, 5.41) is 11.7. The molecule has 1 atom stereocenters. The van der Waals surface area contributed by atoms with Gasteiger partial charge in [0.05, 0.1) is 5.56 Å². The van der Waals surface area contributed by atoms with Crippen LogP contribution in [0.5, 0.6) is 0 Å². The highest BCUT2D eigenvalue weighted by Gasteiger charge is 2.35. The van der Waals surface area contributed by atoms with Crippen LogP contribution in [-0.4, -0.2) is 40.4 Å². The minimum Gasteiger partial charge on any atom is -0.478 e. The van der Waals surface area contributed by atoms with Crippen molar-refractivity contribution in [2.75, 3.05) is 11.9 Å². The van der Waals surface area contributed by atoms with Gasteiger partial charge in [-0.05, 0) is 36.5 Å². The number of benzene rings is 1. The van der Waals surface area contributed by atoms with Crippen LogP contribution in [0.15, 0.2) is 24.3 Å². The smallest absolute Gasteiger partial charge is 0.335 e. The maximum absolute atomic E-state index is 12.5. The zero-order chi connectivity index (χ0) is 17.9. The van der Waals surface area contributed by atoms with Gasteiger partial charge in [-0.25, -0.2) is 4.79 Å². The fourth-order valence-corrected chi connectivity index (χ4v) is 2.85.